The number of anilines is 1. The lowest BCUT2D eigenvalue weighted by molar-refractivity contribution is 0.0494. The van der Waals surface area contributed by atoms with Crippen LogP contribution in [0, 0.1) is 0 Å². The number of hydrogen-bond donors (Lipinski definition) is 1. The third-order valence-electron chi connectivity index (χ3n) is 4.23. The van der Waals surface area contributed by atoms with Crippen molar-refractivity contribution in [3.63, 3.8) is 0 Å². The number of benzene rings is 1. The smallest absolute Gasteiger partial charge is 0.322 e. The topological polar surface area (TPSA) is 89.7 Å². The van der Waals surface area contributed by atoms with Crippen molar-refractivity contribution >= 4 is 11.7 Å². The number of piperidine rings is 1. The molecule has 0 bridgehead atoms. The molecule has 1 atom stereocenters. The van der Waals surface area contributed by atoms with Crippen molar-refractivity contribution in [2.24, 2.45) is 0 Å². The number of nitrogens with zero attached hydrogens (tertiary/aromatic N) is 3. The molecule has 1 aromatic heterocycles. The Morgan fingerprint density at radius 1 is 1.31 bits per heavy atom. The highest BCUT2D eigenvalue weighted by Crippen LogP contribution is 2.29. The van der Waals surface area contributed by atoms with Crippen LogP contribution in [0.3, 0.4) is 0 Å². The van der Waals surface area contributed by atoms with Crippen LogP contribution in [-0.2, 0) is 16.1 Å². The molecule has 0 aliphatic carbocycles. The summed E-state index contributed by atoms with van der Waals surface area (Å²) in [6.45, 7) is 1.87. The maximum absolute atomic E-state index is 12.7. The van der Waals surface area contributed by atoms with E-state index in [1.54, 1.807) is 12.0 Å². The number of aromatic nitrogens is 2. The lowest BCUT2D eigenvalue weighted by Gasteiger charge is -2.33. The lowest BCUT2D eigenvalue weighted by atomic mass is 10.0. The predicted molar refractivity (Wildman–Crippen MR) is 94.6 cm³/mol. The number of carbonyl (C=O) groups excluding carboxylic acids is 1. The van der Waals surface area contributed by atoms with Crippen molar-refractivity contribution in [2.45, 2.75) is 31.9 Å². The number of carbonyl (C=O) groups is 1. The number of hydrogen-bond acceptors (Lipinski definition) is 6. The number of methoxy groups -OCH3 is 1. The molecule has 2 heterocycles. The van der Waals surface area contributed by atoms with E-state index in [1.807, 2.05) is 30.3 Å². The third-order valence-corrected chi connectivity index (χ3v) is 4.23. The lowest BCUT2D eigenvalue weighted by Crippen LogP contribution is -2.41. The summed E-state index contributed by atoms with van der Waals surface area (Å²) in [5.74, 6) is 0.934. The molecule has 0 saturated carbocycles. The summed E-state index contributed by atoms with van der Waals surface area (Å²) in [7, 11) is 1.62. The summed E-state index contributed by atoms with van der Waals surface area (Å²) >= 11 is 0. The zero-order valence-electron chi connectivity index (χ0n) is 14.9. The molecule has 0 spiro atoms. The van der Waals surface area contributed by atoms with E-state index in [9.17, 15) is 4.79 Å². The van der Waals surface area contributed by atoms with Gasteiger partial charge in [0.25, 0.3) is 5.89 Å². The highest BCUT2D eigenvalue weighted by atomic mass is 16.5. The molecule has 1 unspecified atom stereocenters. The summed E-state index contributed by atoms with van der Waals surface area (Å²) < 4.78 is 15.6. The fourth-order valence-electron chi connectivity index (χ4n) is 2.92. The van der Waals surface area contributed by atoms with Crippen LogP contribution in [0.5, 0.6) is 0 Å². The van der Waals surface area contributed by atoms with Crippen LogP contribution in [0.2, 0.25) is 0 Å². The Hall–Kier alpha value is -2.45. The predicted octanol–water partition coefficient (Wildman–Crippen LogP) is 2.99. The summed E-state index contributed by atoms with van der Waals surface area (Å²) in [4.78, 5) is 18.9. The second-order valence-electron chi connectivity index (χ2n) is 6.09. The SMILES string of the molecule is COCCOCc1nc(C2CCCCN2C(=O)Nc2ccccc2)no1. The highest BCUT2D eigenvalue weighted by Gasteiger charge is 2.31. The minimum atomic E-state index is -0.191. The first-order valence-corrected chi connectivity index (χ1v) is 8.80. The maximum atomic E-state index is 12.7. The van der Waals surface area contributed by atoms with Crippen LogP contribution in [0.15, 0.2) is 34.9 Å². The summed E-state index contributed by atoms with van der Waals surface area (Å²) in [5.41, 5.74) is 0.766. The Labute approximate surface area is 152 Å². The van der Waals surface area contributed by atoms with Gasteiger partial charge in [-0.25, -0.2) is 4.79 Å². The number of likely N-dealkylation sites (tertiary alicyclic amines) is 1. The van der Waals surface area contributed by atoms with E-state index in [2.05, 4.69) is 15.5 Å². The second-order valence-corrected chi connectivity index (χ2v) is 6.09. The van der Waals surface area contributed by atoms with Crippen LogP contribution in [-0.4, -0.2) is 47.9 Å². The summed E-state index contributed by atoms with van der Waals surface area (Å²) in [5, 5.41) is 6.99. The average molecular weight is 360 g/mol. The number of para-hydroxylation sites is 1. The van der Waals surface area contributed by atoms with E-state index in [0.29, 0.717) is 31.5 Å². The first-order valence-electron chi connectivity index (χ1n) is 8.80. The van der Waals surface area contributed by atoms with Gasteiger partial charge >= 0.3 is 6.03 Å². The van der Waals surface area contributed by atoms with Gasteiger partial charge in [0.2, 0.25) is 0 Å². The zero-order valence-corrected chi connectivity index (χ0v) is 14.9. The van der Waals surface area contributed by atoms with Gasteiger partial charge in [0.1, 0.15) is 6.61 Å². The van der Waals surface area contributed by atoms with Gasteiger partial charge < -0.3 is 24.2 Å². The van der Waals surface area contributed by atoms with Crippen molar-refractivity contribution in [3.05, 3.63) is 42.0 Å². The minimum absolute atomic E-state index is 0.149. The van der Waals surface area contributed by atoms with Gasteiger partial charge in [0.15, 0.2) is 5.82 Å². The molecule has 0 radical (unpaired) electrons. The Kier molecular flexibility index (Phi) is 6.56. The van der Waals surface area contributed by atoms with Gasteiger partial charge in [0.05, 0.1) is 19.3 Å². The molecular weight excluding hydrogens is 336 g/mol. The molecule has 1 N–H and O–H groups in total. The van der Waals surface area contributed by atoms with Crippen molar-refractivity contribution in [2.75, 3.05) is 32.2 Å². The molecule has 8 nitrogen and oxygen atoms in total. The number of ether oxygens (including phenoxy) is 2. The largest absolute Gasteiger partial charge is 0.382 e. The van der Waals surface area contributed by atoms with Crippen molar-refractivity contribution in [1.82, 2.24) is 15.0 Å². The standard InChI is InChI=1S/C18H24N4O4/c1-24-11-12-25-13-16-20-17(21-26-16)15-9-5-6-10-22(15)18(23)19-14-7-3-2-4-8-14/h2-4,7-8,15H,5-6,9-13H2,1H3,(H,19,23). The molecule has 1 aliphatic rings. The van der Waals surface area contributed by atoms with Gasteiger partial charge in [-0.05, 0) is 31.4 Å². The van der Waals surface area contributed by atoms with Gasteiger partial charge in [-0.1, -0.05) is 23.4 Å². The van der Waals surface area contributed by atoms with E-state index < -0.39 is 0 Å². The molecule has 26 heavy (non-hydrogen) atoms. The van der Waals surface area contributed by atoms with Crippen molar-refractivity contribution < 1.29 is 18.8 Å². The summed E-state index contributed by atoms with van der Waals surface area (Å²) in [6, 6.07) is 9.07. The third kappa shape index (κ3) is 4.80. The van der Waals surface area contributed by atoms with Crippen LogP contribution in [0.1, 0.15) is 37.0 Å². The molecular formula is C18H24N4O4. The number of urea groups is 1. The number of rotatable bonds is 7. The van der Waals surface area contributed by atoms with Crippen molar-refractivity contribution in [3.8, 4) is 0 Å². The Morgan fingerprint density at radius 3 is 2.96 bits per heavy atom. The quantitative estimate of drug-likeness (QED) is 0.764. The van der Waals surface area contributed by atoms with Gasteiger partial charge in [-0.15, -0.1) is 0 Å². The zero-order chi connectivity index (χ0) is 18.2. The average Bonchev–Trinajstić information content (AvgIpc) is 3.15. The Balaban J connectivity index is 1.63. The molecule has 1 aromatic carbocycles. The monoisotopic (exact) mass is 360 g/mol. The van der Waals surface area contributed by atoms with Crippen LogP contribution < -0.4 is 5.32 Å². The van der Waals surface area contributed by atoms with E-state index in [0.717, 1.165) is 24.9 Å². The fourth-order valence-corrected chi connectivity index (χ4v) is 2.92. The molecule has 1 fully saturated rings. The summed E-state index contributed by atoms with van der Waals surface area (Å²) in [6.07, 6.45) is 2.79. The van der Waals surface area contributed by atoms with E-state index in [4.69, 9.17) is 14.0 Å². The molecule has 3 rings (SSSR count). The van der Waals surface area contributed by atoms with E-state index >= 15 is 0 Å². The normalized spacial score (nSPS) is 17.3. The number of amides is 2. The second kappa shape index (κ2) is 9.30. The van der Waals surface area contributed by atoms with Gasteiger partial charge in [0, 0.05) is 19.3 Å². The van der Waals surface area contributed by atoms with Gasteiger partial charge in [-0.3, -0.25) is 0 Å². The molecule has 1 saturated heterocycles. The number of nitrogens with one attached hydrogen (secondary N) is 1. The van der Waals surface area contributed by atoms with Crippen LogP contribution in [0.4, 0.5) is 10.5 Å². The molecule has 1 aliphatic heterocycles. The highest BCUT2D eigenvalue weighted by molar-refractivity contribution is 5.89. The molecule has 8 heteroatoms. The van der Waals surface area contributed by atoms with Crippen LogP contribution in [0.25, 0.3) is 0 Å². The molecule has 2 aromatic rings. The molecule has 2 amide bonds. The van der Waals surface area contributed by atoms with Crippen LogP contribution >= 0.6 is 0 Å². The van der Waals surface area contributed by atoms with E-state index in [1.165, 1.54) is 0 Å². The maximum Gasteiger partial charge on any atom is 0.322 e. The first-order chi connectivity index (χ1) is 12.8. The van der Waals surface area contributed by atoms with Gasteiger partial charge in [-0.2, -0.15) is 4.98 Å². The molecule has 140 valence electrons. The van der Waals surface area contributed by atoms with Crippen molar-refractivity contribution in [1.29, 1.82) is 0 Å². The Bertz CT molecular complexity index is 692. The van der Waals surface area contributed by atoms with E-state index in [-0.39, 0.29) is 18.7 Å². The first kappa shape index (κ1) is 18.3. The minimum Gasteiger partial charge on any atom is -0.382 e. The fraction of sp³-hybridized carbons (Fsp3) is 0.500. The Morgan fingerprint density at radius 2 is 2.15 bits per heavy atom.